The number of nitro benzene ring substituents is 1. The van der Waals surface area contributed by atoms with Gasteiger partial charge in [-0.1, -0.05) is 12.1 Å². The fourth-order valence-corrected chi connectivity index (χ4v) is 1.95. The second-order valence-electron chi connectivity index (χ2n) is 4.44. The number of ether oxygens (including phenoxy) is 1. The molecule has 0 heterocycles. The van der Waals surface area contributed by atoms with Crippen molar-refractivity contribution in [1.82, 2.24) is 0 Å². The molecule has 0 aliphatic rings. The molecule has 0 aliphatic carbocycles. The summed E-state index contributed by atoms with van der Waals surface area (Å²) >= 11 is 0. The molecule has 0 saturated heterocycles. The third-order valence-electron chi connectivity index (χ3n) is 3.13. The zero-order chi connectivity index (χ0) is 15.2. The van der Waals surface area contributed by atoms with Gasteiger partial charge in [-0.05, 0) is 23.8 Å². The van der Waals surface area contributed by atoms with Gasteiger partial charge in [-0.15, -0.1) is 0 Å². The first kappa shape index (κ1) is 14.6. The van der Waals surface area contributed by atoms with Gasteiger partial charge in [0.25, 0.3) is 5.69 Å². The highest BCUT2D eigenvalue weighted by Gasteiger charge is 2.09. The van der Waals surface area contributed by atoms with Crippen LogP contribution in [0.2, 0.25) is 0 Å². The Kier molecular flexibility index (Phi) is 4.61. The van der Waals surface area contributed by atoms with Gasteiger partial charge >= 0.3 is 0 Å². The smallest absolute Gasteiger partial charge is 0.271 e. The molecule has 0 spiro atoms. The fourth-order valence-electron chi connectivity index (χ4n) is 1.95. The molecule has 0 bridgehead atoms. The Morgan fingerprint density at radius 1 is 1.14 bits per heavy atom. The highest BCUT2D eigenvalue weighted by Crippen LogP contribution is 2.27. The lowest BCUT2D eigenvalue weighted by Gasteiger charge is -2.12. The number of hydrogen-bond donors (Lipinski definition) is 2. The van der Waals surface area contributed by atoms with Crippen LogP contribution in [0, 0.1) is 10.1 Å². The van der Waals surface area contributed by atoms with Crippen LogP contribution >= 0.6 is 0 Å². The highest BCUT2D eigenvalue weighted by molar-refractivity contribution is 5.71. The average molecular weight is 287 g/mol. The van der Waals surface area contributed by atoms with Crippen molar-refractivity contribution in [2.24, 2.45) is 0 Å². The molecule has 110 valence electrons. The molecule has 0 fully saturated rings. The minimum Gasteiger partial charge on any atom is -0.497 e. The molecule has 0 radical (unpaired) electrons. The van der Waals surface area contributed by atoms with Gasteiger partial charge in [0.1, 0.15) is 5.75 Å². The number of methoxy groups -OCH3 is 1. The minimum absolute atomic E-state index is 0.0642. The lowest BCUT2D eigenvalue weighted by atomic mass is 10.2. The maximum atomic E-state index is 10.8. The summed E-state index contributed by atoms with van der Waals surface area (Å²) in [5, 5.41) is 17.0. The number of benzene rings is 2. The molecule has 0 unspecified atom stereocenters. The van der Waals surface area contributed by atoms with Gasteiger partial charge in [0.15, 0.2) is 0 Å². The first-order valence-corrected chi connectivity index (χ1v) is 6.47. The molecule has 2 aromatic carbocycles. The lowest BCUT2D eigenvalue weighted by molar-refractivity contribution is -0.384. The zero-order valence-corrected chi connectivity index (χ0v) is 11.9. The van der Waals surface area contributed by atoms with Crippen molar-refractivity contribution in [1.29, 1.82) is 0 Å². The number of non-ortho nitro benzene ring substituents is 1. The van der Waals surface area contributed by atoms with Crippen LogP contribution in [0.5, 0.6) is 5.75 Å². The van der Waals surface area contributed by atoms with E-state index in [-0.39, 0.29) is 5.69 Å². The van der Waals surface area contributed by atoms with E-state index in [0.29, 0.717) is 12.2 Å². The molecule has 0 saturated carbocycles. The zero-order valence-electron chi connectivity index (χ0n) is 11.9. The summed E-state index contributed by atoms with van der Waals surface area (Å²) in [4.78, 5) is 10.4. The number of nitrogens with zero attached hydrogens (tertiary/aromatic N) is 1. The van der Waals surface area contributed by atoms with Gasteiger partial charge in [-0.25, -0.2) is 0 Å². The van der Waals surface area contributed by atoms with E-state index in [9.17, 15) is 10.1 Å². The van der Waals surface area contributed by atoms with Gasteiger partial charge in [0.2, 0.25) is 0 Å². The first-order chi connectivity index (χ1) is 10.1. The third kappa shape index (κ3) is 3.62. The number of anilines is 2. The number of nitro groups is 1. The maximum absolute atomic E-state index is 10.8. The van der Waals surface area contributed by atoms with Crippen molar-refractivity contribution in [2.45, 2.75) is 6.54 Å². The standard InChI is InChI=1S/C15H17N3O3/c1-16-15-9-12(18(19)20)5-8-14(15)17-10-11-3-6-13(21-2)7-4-11/h3-9,16-17H,10H2,1-2H3. The van der Waals surface area contributed by atoms with E-state index in [4.69, 9.17) is 4.74 Å². The van der Waals surface area contributed by atoms with Crippen LogP contribution in [-0.4, -0.2) is 19.1 Å². The van der Waals surface area contributed by atoms with Gasteiger partial charge in [-0.2, -0.15) is 0 Å². The summed E-state index contributed by atoms with van der Waals surface area (Å²) in [6, 6.07) is 12.4. The molecule has 0 amide bonds. The van der Waals surface area contributed by atoms with E-state index in [1.807, 2.05) is 24.3 Å². The summed E-state index contributed by atoms with van der Waals surface area (Å²) in [6.45, 7) is 0.622. The monoisotopic (exact) mass is 287 g/mol. The normalized spacial score (nSPS) is 10.0. The summed E-state index contributed by atoms with van der Waals surface area (Å²) in [6.07, 6.45) is 0. The molecule has 2 N–H and O–H groups in total. The Bertz CT molecular complexity index is 627. The van der Waals surface area contributed by atoms with Gasteiger partial charge in [0, 0.05) is 25.7 Å². The number of rotatable bonds is 6. The molecule has 2 aromatic rings. The van der Waals surface area contributed by atoms with Crippen LogP contribution in [0.3, 0.4) is 0 Å². The van der Waals surface area contributed by atoms with Crippen LogP contribution in [0.25, 0.3) is 0 Å². The quantitative estimate of drug-likeness (QED) is 0.630. The SMILES string of the molecule is CNc1cc([N+](=O)[O-])ccc1NCc1ccc(OC)cc1. The van der Waals surface area contributed by atoms with E-state index in [1.165, 1.54) is 12.1 Å². The van der Waals surface area contributed by atoms with Crippen LogP contribution in [0.1, 0.15) is 5.56 Å². The van der Waals surface area contributed by atoms with Crippen molar-refractivity contribution in [3.8, 4) is 5.75 Å². The van der Waals surface area contributed by atoms with Crippen LogP contribution in [0.15, 0.2) is 42.5 Å². The third-order valence-corrected chi connectivity index (χ3v) is 3.13. The van der Waals surface area contributed by atoms with Crippen LogP contribution in [-0.2, 0) is 6.54 Å². The van der Waals surface area contributed by atoms with Gasteiger partial charge in [0.05, 0.1) is 23.4 Å². The highest BCUT2D eigenvalue weighted by atomic mass is 16.6. The van der Waals surface area contributed by atoms with E-state index in [0.717, 1.165) is 17.0 Å². The van der Waals surface area contributed by atoms with E-state index >= 15 is 0 Å². The molecular formula is C15H17N3O3. The molecule has 6 nitrogen and oxygen atoms in total. The van der Waals surface area contributed by atoms with Gasteiger partial charge in [-0.3, -0.25) is 10.1 Å². The average Bonchev–Trinajstić information content (AvgIpc) is 2.53. The number of nitrogens with one attached hydrogen (secondary N) is 2. The molecule has 6 heteroatoms. The Balaban J connectivity index is 2.09. The lowest BCUT2D eigenvalue weighted by Crippen LogP contribution is -2.03. The molecule has 0 aromatic heterocycles. The van der Waals surface area contributed by atoms with Crippen molar-refractivity contribution >= 4 is 17.1 Å². The first-order valence-electron chi connectivity index (χ1n) is 6.47. The molecular weight excluding hydrogens is 270 g/mol. The van der Waals surface area contributed by atoms with Crippen molar-refractivity contribution < 1.29 is 9.66 Å². The summed E-state index contributed by atoms with van der Waals surface area (Å²) in [5.74, 6) is 0.810. The topological polar surface area (TPSA) is 76.4 Å². The van der Waals surface area contributed by atoms with Crippen LogP contribution < -0.4 is 15.4 Å². The second-order valence-corrected chi connectivity index (χ2v) is 4.44. The Morgan fingerprint density at radius 3 is 2.43 bits per heavy atom. The van der Waals surface area contributed by atoms with Crippen molar-refractivity contribution in [3.63, 3.8) is 0 Å². The predicted molar refractivity (Wildman–Crippen MR) is 83.0 cm³/mol. The van der Waals surface area contributed by atoms with Gasteiger partial charge < -0.3 is 15.4 Å². The summed E-state index contributed by atoms with van der Waals surface area (Å²) in [5.41, 5.74) is 2.67. The molecule has 21 heavy (non-hydrogen) atoms. The molecule has 0 atom stereocenters. The van der Waals surface area contributed by atoms with Crippen LogP contribution in [0.4, 0.5) is 17.1 Å². The summed E-state index contributed by atoms with van der Waals surface area (Å²) < 4.78 is 5.11. The predicted octanol–water partition coefficient (Wildman–Crippen LogP) is 3.26. The van der Waals surface area contributed by atoms with E-state index < -0.39 is 4.92 Å². The van der Waals surface area contributed by atoms with Crippen molar-refractivity contribution in [2.75, 3.05) is 24.8 Å². The fraction of sp³-hybridized carbons (Fsp3) is 0.200. The summed E-state index contributed by atoms with van der Waals surface area (Å²) in [7, 11) is 3.36. The largest absolute Gasteiger partial charge is 0.497 e. The Morgan fingerprint density at radius 2 is 1.86 bits per heavy atom. The Labute approximate surface area is 122 Å². The number of hydrogen-bond acceptors (Lipinski definition) is 5. The molecule has 0 aliphatic heterocycles. The van der Waals surface area contributed by atoms with E-state index in [1.54, 1.807) is 20.2 Å². The Hall–Kier alpha value is -2.76. The van der Waals surface area contributed by atoms with Crippen molar-refractivity contribution in [3.05, 3.63) is 58.1 Å². The van der Waals surface area contributed by atoms with E-state index in [2.05, 4.69) is 10.6 Å². The second kappa shape index (κ2) is 6.60. The minimum atomic E-state index is -0.409. The molecule has 2 rings (SSSR count). The maximum Gasteiger partial charge on any atom is 0.271 e.